The number of benzene rings is 1. The van der Waals surface area contributed by atoms with Gasteiger partial charge in [0.25, 0.3) is 5.91 Å². The molecular formula is C11H10Cl2N4O. The van der Waals surface area contributed by atoms with Crippen LogP contribution in [0, 0.1) is 6.92 Å². The first-order valence-corrected chi connectivity index (χ1v) is 5.81. The van der Waals surface area contributed by atoms with Gasteiger partial charge in [0.2, 0.25) is 0 Å². The van der Waals surface area contributed by atoms with Gasteiger partial charge in [-0.15, -0.1) is 0 Å². The molecule has 1 aromatic heterocycles. The highest BCUT2D eigenvalue weighted by atomic mass is 35.5. The van der Waals surface area contributed by atoms with E-state index in [0.717, 1.165) is 5.69 Å². The van der Waals surface area contributed by atoms with Crippen LogP contribution in [0.3, 0.4) is 0 Å². The maximum Gasteiger partial charge on any atom is 0.258 e. The third-order valence-electron chi connectivity index (χ3n) is 2.24. The summed E-state index contributed by atoms with van der Waals surface area (Å²) in [5, 5.41) is 9.60. The Morgan fingerprint density at radius 2 is 2.11 bits per heavy atom. The highest BCUT2D eigenvalue weighted by Gasteiger charge is 2.15. The molecular weight excluding hydrogens is 275 g/mol. The van der Waals surface area contributed by atoms with Crippen molar-refractivity contribution in [3.63, 3.8) is 0 Å². The second-order valence-electron chi connectivity index (χ2n) is 3.75. The molecule has 1 aromatic carbocycles. The number of carbonyl (C=O) groups excluding carboxylic acids is 1. The van der Waals surface area contributed by atoms with Crippen molar-refractivity contribution in [2.45, 2.75) is 6.92 Å². The van der Waals surface area contributed by atoms with Crippen LogP contribution in [0.1, 0.15) is 16.1 Å². The third kappa shape index (κ3) is 2.57. The highest BCUT2D eigenvalue weighted by Crippen LogP contribution is 2.29. The molecule has 5 nitrogen and oxygen atoms in total. The maximum absolute atomic E-state index is 12.0. The van der Waals surface area contributed by atoms with E-state index in [1.165, 1.54) is 12.1 Å². The Kier molecular flexibility index (Phi) is 3.45. The van der Waals surface area contributed by atoms with Crippen LogP contribution in [-0.2, 0) is 0 Å². The number of amides is 1. The number of rotatable bonds is 2. The predicted octanol–water partition coefficient (Wildman–Crippen LogP) is 2.86. The number of anilines is 2. The molecule has 18 heavy (non-hydrogen) atoms. The summed E-state index contributed by atoms with van der Waals surface area (Å²) in [6.07, 6.45) is 0. The van der Waals surface area contributed by atoms with Crippen LogP contribution in [-0.4, -0.2) is 16.1 Å². The van der Waals surface area contributed by atoms with Crippen LogP contribution in [0.4, 0.5) is 11.5 Å². The Hall–Kier alpha value is -1.72. The first-order valence-electron chi connectivity index (χ1n) is 5.05. The van der Waals surface area contributed by atoms with Crippen molar-refractivity contribution in [1.29, 1.82) is 0 Å². The molecule has 94 valence electrons. The number of halogens is 2. The molecule has 1 heterocycles. The topological polar surface area (TPSA) is 83.8 Å². The number of nitrogens with zero attached hydrogens (tertiary/aromatic N) is 1. The third-order valence-corrected chi connectivity index (χ3v) is 3.04. The van der Waals surface area contributed by atoms with Crippen molar-refractivity contribution < 1.29 is 4.79 Å². The van der Waals surface area contributed by atoms with Gasteiger partial charge in [0.05, 0.1) is 15.6 Å². The summed E-state index contributed by atoms with van der Waals surface area (Å²) >= 11 is 11.8. The zero-order valence-electron chi connectivity index (χ0n) is 9.42. The zero-order chi connectivity index (χ0) is 13.3. The molecule has 0 radical (unpaired) electrons. The summed E-state index contributed by atoms with van der Waals surface area (Å²) in [6, 6.07) is 4.64. The number of aryl methyl sites for hydroxylation is 1. The molecule has 1 amide bonds. The van der Waals surface area contributed by atoms with E-state index in [0.29, 0.717) is 11.5 Å². The number of hydrogen-bond acceptors (Lipinski definition) is 3. The average Bonchev–Trinajstić information content (AvgIpc) is 2.69. The fourth-order valence-corrected chi connectivity index (χ4v) is 1.86. The summed E-state index contributed by atoms with van der Waals surface area (Å²) in [7, 11) is 0. The van der Waals surface area contributed by atoms with E-state index < -0.39 is 5.91 Å². The number of carbonyl (C=O) groups is 1. The molecule has 0 aliphatic heterocycles. The SMILES string of the molecule is Cc1cc(NC(=O)c2cc(N)cc(Cl)c2Cl)n[nH]1. The van der Waals surface area contributed by atoms with E-state index in [1.807, 2.05) is 6.92 Å². The molecule has 0 aliphatic carbocycles. The van der Waals surface area contributed by atoms with Crippen LogP contribution in [0.25, 0.3) is 0 Å². The molecule has 0 bridgehead atoms. The van der Waals surface area contributed by atoms with E-state index in [-0.39, 0.29) is 15.6 Å². The Labute approximate surface area is 113 Å². The smallest absolute Gasteiger partial charge is 0.258 e. The second-order valence-corrected chi connectivity index (χ2v) is 4.54. The molecule has 0 saturated carbocycles. The van der Waals surface area contributed by atoms with Crippen LogP contribution in [0.15, 0.2) is 18.2 Å². The molecule has 2 rings (SSSR count). The van der Waals surface area contributed by atoms with Crippen LogP contribution < -0.4 is 11.1 Å². The van der Waals surface area contributed by atoms with Gasteiger partial charge in [0.15, 0.2) is 5.82 Å². The molecule has 4 N–H and O–H groups in total. The fourth-order valence-electron chi connectivity index (χ4n) is 1.44. The molecule has 2 aromatic rings. The molecule has 0 spiro atoms. The largest absolute Gasteiger partial charge is 0.399 e. The number of hydrogen-bond donors (Lipinski definition) is 3. The highest BCUT2D eigenvalue weighted by molar-refractivity contribution is 6.44. The van der Waals surface area contributed by atoms with Crippen molar-refractivity contribution in [3.8, 4) is 0 Å². The van der Waals surface area contributed by atoms with Gasteiger partial charge in [-0.2, -0.15) is 5.10 Å². The molecule has 0 atom stereocenters. The Morgan fingerprint density at radius 1 is 1.39 bits per heavy atom. The molecule has 7 heteroatoms. The van der Waals surface area contributed by atoms with Gasteiger partial charge in [-0.25, -0.2) is 0 Å². The van der Waals surface area contributed by atoms with Crippen LogP contribution in [0.2, 0.25) is 10.0 Å². The van der Waals surface area contributed by atoms with Crippen molar-refractivity contribution in [2.75, 3.05) is 11.1 Å². The van der Waals surface area contributed by atoms with E-state index in [4.69, 9.17) is 28.9 Å². The lowest BCUT2D eigenvalue weighted by Crippen LogP contribution is -2.13. The molecule has 0 unspecified atom stereocenters. The molecule has 0 fully saturated rings. The normalized spacial score (nSPS) is 10.4. The first kappa shape index (κ1) is 12.7. The van der Waals surface area contributed by atoms with E-state index in [2.05, 4.69) is 15.5 Å². The monoisotopic (exact) mass is 284 g/mol. The minimum atomic E-state index is -0.416. The predicted molar refractivity (Wildman–Crippen MR) is 72.2 cm³/mol. The summed E-state index contributed by atoms with van der Waals surface area (Å²) < 4.78 is 0. The number of H-pyrrole nitrogens is 1. The fraction of sp³-hybridized carbons (Fsp3) is 0.0909. The summed E-state index contributed by atoms with van der Waals surface area (Å²) in [6.45, 7) is 1.83. The lowest BCUT2D eigenvalue weighted by atomic mass is 10.2. The second kappa shape index (κ2) is 4.88. The zero-order valence-corrected chi connectivity index (χ0v) is 10.9. The minimum Gasteiger partial charge on any atom is -0.399 e. The summed E-state index contributed by atoms with van der Waals surface area (Å²) in [4.78, 5) is 12.0. The number of nitrogens with one attached hydrogen (secondary N) is 2. The van der Waals surface area contributed by atoms with Crippen LogP contribution >= 0.6 is 23.2 Å². The van der Waals surface area contributed by atoms with Gasteiger partial charge >= 0.3 is 0 Å². The minimum absolute atomic E-state index is 0.163. The van der Waals surface area contributed by atoms with Crippen molar-refractivity contribution >= 4 is 40.6 Å². The number of aromatic nitrogens is 2. The van der Waals surface area contributed by atoms with Crippen LogP contribution in [0.5, 0.6) is 0 Å². The quantitative estimate of drug-likeness (QED) is 0.742. The first-order chi connectivity index (χ1) is 8.47. The lowest BCUT2D eigenvalue weighted by Gasteiger charge is -2.07. The van der Waals surface area contributed by atoms with Gasteiger partial charge in [-0.1, -0.05) is 23.2 Å². The Balaban J connectivity index is 2.29. The van der Waals surface area contributed by atoms with Gasteiger partial charge in [-0.05, 0) is 19.1 Å². The van der Waals surface area contributed by atoms with Crippen molar-refractivity contribution in [2.24, 2.45) is 0 Å². The number of aromatic amines is 1. The van der Waals surface area contributed by atoms with Crippen molar-refractivity contribution in [1.82, 2.24) is 10.2 Å². The summed E-state index contributed by atoms with van der Waals surface area (Å²) in [5.41, 5.74) is 7.03. The van der Waals surface area contributed by atoms with E-state index in [1.54, 1.807) is 6.07 Å². The Morgan fingerprint density at radius 3 is 2.72 bits per heavy atom. The molecule has 0 saturated heterocycles. The number of nitrogen functional groups attached to an aromatic ring is 1. The summed E-state index contributed by atoms with van der Waals surface area (Å²) in [5.74, 6) is -0.00665. The molecule has 0 aliphatic rings. The lowest BCUT2D eigenvalue weighted by molar-refractivity contribution is 0.102. The van der Waals surface area contributed by atoms with Gasteiger partial charge in [-0.3, -0.25) is 9.89 Å². The van der Waals surface area contributed by atoms with Gasteiger partial charge in [0.1, 0.15) is 0 Å². The number of nitrogens with two attached hydrogens (primary N) is 1. The Bertz CT molecular complexity index is 609. The van der Waals surface area contributed by atoms with E-state index >= 15 is 0 Å². The van der Waals surface area contributed by atoms with Gasteiger partial charge < -0.3 is 11.1 Å². The van der Waals surface area contributed by atoms with Gasteiger partial charge in [0, 0.05) is 17.4 Å². The van der Waals surface area contributed by atoms with Crippen molar-refractivity contribution in [3.05, 3.63) is 39.5 Å². The average molecular weight is 285 g/mol. The maximum atomic E-state index is 12.0. The van der Waals surface area contributed by atoms with E-state index in [9.17, 15) is 4.79 Å². The standard InChI is InChI=1S/C11H10Cl2N4O/c1-5-2-9(17-16-5)15-11(18)7-3-6(14)4-8(12)10(7)13/h2-4H,14H2,1H3,(H2,15,16,17,18).